The molecular formula is C10H22ClNO3S. The Balaban J connectivity index is 3.97. The number of ether oxygens (including phenoxy) is 1. The second-order valence-electron chi connectivity index (χ2n) is 4.86. The van der Waals surface area contributed by atoms with E-state index in [2.05, 4.69) is 4.72 Å². The summed E-state index contributed by atoms with van der Waals surface area (Å²) < 4.78 is 30.8. The zero-order valence-electron chi connectivity index (χ0n) is 10.4. The van der Waals surface area contributed by atoms with Crippen molar-refractivity contribution in [2.45, 2.75) is 33.8 Å². The number of sulfonamides is 1. The van der Waals surface area contributed by atoms with Crippen LogP contribution in [0.15, 0.2) is 0 Å². The molecule has 0 amide bonds. The van der Waals surface area contributed by atoms with Gasteiger partial charge in [0.15, 0.2) is 0 Å². The lowest BCUT2D eigenvalue weighted by Gasteiger charge is -2.21. The summed E-state index contributed by atoms with van der Waals surface area (Å²) in [6, 6.07) is 0. The van der Waals surface area contributed by atoms with Crippen LogP contribution in [0.5, 0.6) is 0 Å². The molecule has 0 aliphatic heterocycles. The Kier molecular flexibility index (Phi) is 6.86. The van der Waals surface area contributed by atoms with Gasteiger partial charge in [0.05, 0.1) is 18.5 Å². The van der Waals surface area contributed by atoms with Gasteiger partial charge >= 0.3 is 0 Å². The normalized spacial score (nSPS) is 13.4. The predicted molar refractivity (Wildman–Crippen MR) is 67.4 cm³/mol. The topological polar surface area (TPSA) is 55.4 Å². The standard InChI is InChI=1S/C10H22ClNO3S/c1-9(2)15-5-6-16(13,14)12-8-10(3,4)7-11/h9,12H,5-8H2,1-4H3. The minimum absolute atomic E-state index is 0.0104. The number of hydrogen-bond acceptors (Lipinski definition) is 3. The quantitative estimate of drug-likeness (QED) is 0.682. The van der Waals surface area contributed by atoms with Gasteiger partial charge in [-0.25, -0.2) is 13.1 Å². The molecule has 0 aromatic carbocycles. The molecular weight excluding hydrogens is 250 g/mol. The Morgan fingerprint density at radius 3 is 2.38 bits per heavy atom. The third-order valence-corrected chi connectivity index (χ3v) is 3.95. The first-order chi connectivity index (χ1) is 7.18. The molecule has 1 N–H and O–H groups in total. The lowest BCUT2D eigenvalue weighted by atomic mass is 9.97. The summed E-state index contributed by atoms with van der Waals surface area (Å²) in [5.41, 5.74) is -0.229. The molecule has 0 unspecified atom stereocenters. The molecule has 4 nitrogen and oxygen atoms in total. The van der Waals surface area contributed by atoms with E-state index >= 15 is 0 Å². The zero-order valence-corrected chi connectivity index (χ0v) is 12.0. The predicted octanol–water partition coefficient (Wildman–Crippen LogP) is 1.60. The third kappa shape index (κ3) is 8.33. The molecule has 0 rings (SSSR count). The van der Waals surface area contributed by atoms with Crippen LogP contribution < -0.4 is 4.72 Å². The van der Waals surface area contributed by atoms with E-state index in [0.29, 0.717) is 12.4 Å². The highest BCUT2D eigenvalue weighted by Gasteiger charge is 2.20. The van der Waals surface area contributed by atoms with Crippen LogP contribution in [0.3, 0.4) is 0 Å². The molecule has 98 valence electrons. The third-order valence-electron chi connectivity index (χ3n) is 1.94. The first-order valence-corrected chi connectivity index (χ1v) is 7.52. The first kappa shape index (κ1) is 16.2. The molecule has 0 atom stereocenters. The zero-order chi connectivity index (χ0) is 12.8. The van der Waals surface area contributed by atoms with E-state index in [1.807, 2.05) is 27.7 Å². The van der Waals surface area contributed by atoms with Gasteiger partial charge in [0.1, 0.15) is 0 Å². The van der Waals surface area contributed by atoms with Crippen LogP contribution in [0.25, 0.3) is 0 Å². The van der Waals surface area contributed by atoms with Crippen LogP contribution in [0.4, 0.5) is 0 Å². The van der Waals surface area contributed by atoms with Gasteiger partial charge in [-0.2, -0.15) is 0 Å². The highest BCUT2D eigenvalue weighted by atomic mass is 35.5. The maximum absolute atomic E-state index is 11.5. The van der Waals surface area contributed by atoms with Crippen molar-refractivity contribution in [2.24, 2.45) is 5.41 Å². The Bertz CT molecular complexity index is 288. The number of alkyl halides is 1. The molecule has 0 bridgehead atoms. The summed E-state index contributed by atoms with van der Waals surface area (Å²) in [5, 5.41) is 0. The van der Waals surface area contributed by atoms with E-state index in [-0.39, 0.29) is 23.9 Å². The smallest absolute Gasteiger partial charge is 0.213 e. The second kappa shape index (κ2) is 6.79. The van der Waals surface area contributed by atoms with Crippen LogP contribution in [-0.4, -0.2) is 39.3 Å². The highest BCUT2D eigenvalue weighted by Crippen LogP contribution is 2.15. The molecule has 0 spiro atoms. The van der Waals surface area contributed by atoms with Gasteiger partial charge in [0.2, 0.25) is 10.0 Å². The minimum atomic E-state index is -3.25. The Morgan fingerprint density at radius 2 is 1.94 bits per heavy atom. The molecule has 0 aliphatic carbocycles. The number of rotatable bonds is 8. The van der Waals surface area contributed by atoms with Crippen LogP contribution in [-0.2, 0) is 14.8 Å². The highest BCUT2D eigenvalue weighted by molar-refractivity contribution is 7.89. The second-order valence-corrected chi connectivity index (χ2v) is 7.05. The molecule has 0 aromatic heterocycles. The van der Waals surface area contributed by atoms with Crippen molar-refractivity contribution >= 4 is 21.6 Å². The van der Waals surface area contributed by atoms with Gasteiger partial charge in [0.25, 0.3) is 0 Å². The van der Waals surface area contributed by atoms with E-state index in [9.17, 15) is 8.42 Å². The van der Waals surface area contributed by atoms with E-state index in [1.54, 1.807) is 0 Å². The van der Waals surface area contributed by atoms with Crippen molar-refractivity contribution in [3.63, 3.8) is 0 Å². The molecule has 0 radical (unpaired) electrons. The molecule has 0 aromatic rings. The average Bonchev–Trinajstić information content (AvgIpc) is 2.14. The van der Waals surface area contributed by atoms with Crippen molar-refractivity contribution in [2.75, 3.05) is 24.8 Å². The molecule has 0 heterocycles. The van der Waals surface area contributed by atoms with Crippen molar-refractivity contribution in [1.29, 1.82) is 0 Å². The summed E-state index contributed by atoms with van der Waals surface area (Å²) >= 11 is 5.71. The summed E-state index contributed by atoms with van der Waals surface area (Å²) in [5.74, 6) is 0.404. The Morgan fingerprint density at radius 1 is 1.38 bits per heavy atom. The van der Waals surface area contributed by atoms with Crippen molar-refractivity contribution < 1.29 is 13.2 Å². The summed E-state index contributed by atoms with van der Waals surface area (Å²) in [7, 11) is -3.25. The number of hydrogen-bond donors (Lipinski definition) is 1. The van der Waals surface area contributed by atoms with E-state index in [1.165, 1.54) is 0 Å². The molecule has 6 heteroatoms. The largest absolute Gasteiger partial charge is 0.378 e. The van der Waals surface area contributed by atoms with Gasteiger partial charge in [-0.05, 0) is 19.3 Å². The first-order valence-electron chi connectivity index (χ1n) is 5.33. The van der Waals surface area contributed by atoms with Crippen LogP contribution >= 0.6 is 11.6 Å². The van der Waals surface area contributed by atoms with Crippen LogP contribution in [0.2, 0.25) is 0 Å². The molecule has 0 aliphatic rings. The van der Waals surface area contributed by atoms with Gasteiger partial charge in [-0.1, -0.05) is 13.8 Å². The molecule has 0 fully saturated rings. The lowest BCUT2D eigenvalue weighted by molar-refractivity contribution is 0.0911. The number of nitrogens with one attached hydrogen (secondary N) is 1. The van der Waals surface area contributed by atoms with Crippen molar-refractivity contribution in [1.82, 2.24) is 4.72 Å². The maximum Gasteiger partial charge on any atom is 0.213 e. The molecule has 16 heavy (non-hydrogen) atoms. The number of halogens is 1. The van der Waals surface area contributed by atoms with Crippen LogP contribution in [0, 0.1) is 5.41 Å². The fraction of sp³-hybridized carbons (Fsp3) is 1.00. The van der Waals surface area contributed by atoms with E-state index in [0.717, 1.165) is 0 Å². The monoisotopic (exact) mass is 271 g/mol. The lowest BCUT2D eigenvalue weighted by Crippen LogP contribution is -2.37. The fourth-order valence-corrected chi connectivity index (χ4v) is 1.98. The van der Waals surface area contributed by atoms with Gasteiger partial charge in [-0.3, -0.25) is 0 Å². The minimum Gasteiger partial charge on any atom is -0.378 e. The van der Waals surface area contributed by atoms with Gasteiger partial charge in [-0.15, -0.1) is 11.6 Å². The SMILES string of the molecule is CC(C)OCCS(=O)(=O)NCC(C)(C)CCl. The Hall–Kier alpha value is 0.160. The van der Waals surface area contributed by atoms with Crippen molar-refractivity contribution in [3.05, 3.63) is 0 Å². The maximum atomic E-state index is 11.5. The van der Waals surface area contributed by atoms with E-state index in [4.69, 9.17) is 16.3 Å². The summed E-state index contributed by atoms with van der Waals surface area (Å²) in [6.07, 6.45) is 0.0504. The van der Waals surface area contributed by atoms with Gasteiger partial charge < -0.3 is 4.74 Å². The molecule has 0 saturated carbocycles. The molecule has 0 saturated heterocycles. The summed E-state index contributed by atoms with van der Waals surface area (Å²) in [6.45, 7) is 8.13. The fourth-order valence-electron chi connectivity index (χ4n) is 0.818. The van der Waals surface area contributed by atoms with Crippen molar-refractivity contribution in [3.8, 4) is 0 Å². The van der Waals surface area contributed by atoms with E-state index < -0.39 is 10.0 Å². The van der Waals surface area contributed by atoms with Gasteiger partial charge in [0, 0.05) is 12.4 Å². The summed E-state index contributed by atoms with van der Waals surface area (Å²) in [4.78, 5) is 0. The Labute approximate surface area is 104 Å². The average molecular weight is 272 g/mol. The van der Waals surface area contributed by atoms with Crippen LogP contribution in [0.1, 0.15) is 27.7 Å².